The molecule has 2 atom stereocenters. The standard InChI is InChI=1S/C27H26N2O2/c1-17-7-9-18(10-8-17)20-15-24-26(25(30)16-20)27(19-11-13-21(31-2)14-12-19)29-23-6-4-3-5-22(23)28-24/h3-14,20,27-29H,15-16H2,1-2H3/t20-,27-/m0/s1. The first-order valence-corrected chi connectivity index (χ1v) is 10.7. The number of allylic oxidation sites excluding steroid dienone is 1. The Hall–Kier alpha value is -3.53. The number of fused-ring (bicyclic) bond motifs is 1. The number of hydrogen-bond donors (Lipinski definition) is 2. The van der Waals surface area contributed by atoms with E-state index in [1.54, 1.807) is 7.11 Å². The molecule has 0 radical (unpaired) electrons. The summed E-state index contributed by atoms with van der Waals surface area (Å²) in [7, 11) is 1.66. The third-order valence-electron chi connectivity index (χ3n) is 6.31. The summed E-state index contributed by atoms with van der Waals surface area (Å²) in [6.45, 7) is 2.09. The number of ketones is 1. The van der Waals surface area contributed by atoms with Crippen molar-refractivity contribution in [3.05, 3.63) is 101 Å². The van der Waals surface area contributed by atoms with Crippen molar-refractivity contribution in [1.82, 2.24) is 0 Å². The number of aryl methyl sites for hydroxylation is 1. The van der Waals surface area contributed by atoms with Gasteiger partial charge in [-0.2, -0.15) is 0 Å². The van der Waals surface area contributed by atoms with Gasteiger partial charge in [0.15, 0.2) is 5.78 Å². The number of benzene rings is 3. The summed E-state index contributed by atoms with van der Waals surface area (Å²) in [6, 6.07) is 24.5. The van der Waals surface area contributed by atoms with E-state index in [0.29, 0.717) is 6.42 Å². The van der Waals surface area contributed by atoms with Crippen LogP contribution < -0.4 is 15.4 Å². The molecule has 1 aliphatic heterocycles. The largest absolute Gasteiger partial charge is 0.497 e. The highest BCUT2D eigenvalue weighted by molar-refractivity contribution is 6.01. The maximum absolute atomic E-state index is 13.5. The minimum atomic E-state index is -0.205. The zero-order valence-corrected chi connectivity index (χ0v) is 17.8. The Kier molecular flexibility index (Phi) is 4.99. The molecule has 3 aromatic rings. The fourth-order valence-electron chi connectivity index (χ4n) is 4.61. The minimum absolute atomic E-state index is 0.182. The molecule has 0 fully saturated rings. The molecule has 0 saturated heterocycles. The number of carbonyl (C=O) groups is 1. The van der Waals surface area contributed by atoms with Crippen molar-refractivity contribution in [3.8, 4) is 5.75 Å². The molecule has 5 rings (SSSR count). The van der Waals surface area contributed by atoms with Crippen molar-refractivity contribution in [3.63, 3.8) is 0 Å². The van der Waals surface area contributed by atoms with Crippen molar-refractivity contribution in [1.29, 1.82) is 0 Å². The van der Waals surface area contributed by atoms with Crippen LogP contribution in [0, 0.1) is 6.92 Å². The van der Waals surface area contributed by atoms with E-state index in [1.165, 1.54) is 11.1 Å². The van der Waals surface area contributed by atoms with Crippen LogP contribution in [0.2, 0.25) is 0 Å². The molecule has 1 aliphatic carbocycles. The van der Waals surface area contributed by atoms with E-state index in [-0.39, 0.29) is 17.7 Å². The lowest BCUT2D eigenvalue weighted by molar-refractivity contribution is -0.116. The molecule has 31 heavy (non-hydrogen) atoms. The van der Waals surface area contributed by atoms with Gasteiger partial charge in [-0.1, -0.05) is 54.1 Å². The highest BCUT2D eigenvalue weighted by atomic mass is 16.5. The van der Waals surface area contributed by atoms with Crippen molar-refractivity contribution >= 4 is 17.2 Å². The van der Waals surface area contributed by atoms with Gasteiger partial charge in [-0.05, 0) is 54.7 Å². The SMILES string of the molecule is COc1ccc([C@@H]2Nc3ccccc3NC3=C2C(=O)C[C@@H](c2ccc(C)cc2)C3)cc1. The Labute approximate surface area is 183 Å². The van der Waals surface area contributed by atoms with Gasteiger partial charge in [0.25, 0.3) is 0 Å². The van der Waals surface area contributed by atoms with Crippen LogP contribution in [0.4, 0.5) is 11.4 Å². The van der Waals surface area contributed by atoms with Crippen LogP contribution in [-0.4, -0.2) is 12.9 Å². The van der Waals surface area contributed by atoms with Gasteiger partial charge in [-0.25, -0.2) is 0 Å². The van der Waals surface area contributed by atoms with E-state index in [2.05, 4.69) is 54.0 Å². The van der Waals surface area contributed by atoms with Crippen LogP contribution in [0.3, 0.4) is 0 Å². The number of anilines is 2. The lowest BCUT2D eigenvalue weighted by Gasteiger charge is -2.30. The summed E-state index contributed by atoms with van der Waals surface area (Å²) < 4.78 is 5.32. The molecule has 4 heteroatoms. The first-order chi connectivity index (χ1) is 15.1. The van der Waals surface area contributed by atoms with Gasteiger partial charge in [0.1, 0.15) is 5.75 Å². The van der Waals surface area contributed by atoms with Gasteiger partial charge in [0.2, 0.25) is 0 Å². The van der Waals surface area contributed by atoms with E-state index in [4.69, 9.17) is 4.74 Å². The zero-order valence-electron chi connectivity index (χ0n) is 17.8. The van der Waals surface area contributed by atoms with E-state index in [0.717, 1.165) is 40.4 Å². The average Bonchev–Trinajstić information content (AvgIpc) is 2.96. The van der Waals surface area contributed by atoms with Gasteiger partial charge in [0, 0.05) is 17.7 Å². The number of ether oxygens (including phenoxy) is 1. The molecule has 0 spiro atoms. The molecule has 2 aliphatic rings. The number of hydrogen-bond acceptors (Lipinski definition) is 4. The monoisotopic (exact) mass is 410 g/mol. The van der Waals surface area contributed by atoms with Crippen LogP contribution in [0.25, 0.3) is 0 Å². The molecule has 0 unspecified atom stereocenters. The Morgan fingerprint density at radius 1 is 0.839 bits per heavy atom. The number of para-hydroxylation sites is 2. The van der Waals surface area contributed by atoms with Crippen LogP contribution in [0.1, 0.15) is 41.5 Å². The highest BCUT2D eigenvalue weighted by Crippen LogP contribution is 2.44. The van der Waals surface area contributed by atoms with Crippen molar-refractivity contribution < 1.29 is 9.53 Å². The number of nitrogens with one attached hydrogen (secondary N) is 2. The third kappa shape index (κ3) is 3.70. The van der Waals surface area contributed by atoms with Crippen LogP contribution >= 0.6 is 0 Å². The quantitative estimate of drug-likeness (QED) is 0.557. The normalized spacial score (nSPS) is 20.1. The van der Waals surface area contributed by atoms with E-state index in [1.807, 2.05) is 36.4 Å². The lowest BCUT2D eigenvalue weighted by Crippen LogP contribution is -2.26. The highest BCUT2D eigenvalue weighted by Gasteiger charge is 2.36. The number of Topliss-reactive ketones (excluding diaryl/α,β-unsaturated/α-hetero) is 1. The third-order valence-corrected chi connectivity index (χ3v) is 6.31. The number of carbonyl (C=O) groups excluding carboxylic acids is 1. The van der Waals surface area contributed by atoms with Gasteiger partial charge in [0.05, 0.1) is 24.5 Å². The second kappa shape index (κ2) is 7.95. The van der Waals surface area contributed by atoms with Gasteiger partial charge in [-0.15, -0.1) is 0 Å². The summed E-state index contributed by atoms with van der Waals surface area (Å²) in [5.41, 5.74) is 7.36. The first-order valence-electron chi connectivity index (χ1n) is 10.7. The fraction of sp³-hybridized carbons (Fsp3) is 0.222. The van der Waals surface area contributed by atoms with Crippen LogP contribution in [0.15, 0.2) is 84.1 Å². The second-order valence-corrected chi connectivity index (χ2v) is 8.35. The topological polar surface area (TPSA) is 50.4 Å². The summed E-state index contributed by atoms with van der Waals surface area (Å²) in [5.74, 6) is 1.18. The minimum Gasteiger partial charge on any atom is -0.497 e. The molecular formula is C27H26N2O2. The van der Waals surface area contributed by atoms with E-state index < -0.39 is 0 Å². The van der Waals surface area contributed by atoms with Crippen molar-refractivity contribution in [2.45, 2.75) is 31.7 Å². The molecule has 0 aromatic heterocycles. The molecule has 2 N–H and O–H groups in total. The van der Waals surface area contributed by atoms with Crippen molar-refractivity contribution in [2.75, 3.05) is 17.7 Å². The Balaban J connectivity index is 1.58. The lowest BCUT2D eigenvalue weighted by atomic mass is 9.78. The summed E-state index contributed by atoms with van der Waals surface area (Å²) >= 11 is 0. The average molecular weight is 411 g/mol. The predicted molar refractivity (Wildman–Crippen MR) is 125 cm³/mol. The Morgan fingerprint density at radius 2 is 1.52 bits per heavy atom. The molecule has 156 valence electrons. The summed E-state index contributed by atoms with van der Waals surface area (Å²) in [4.78, 5) is 13.5. The molecule has 3 aromatic carbocycles. The van der Waals surface area contributed by atoms with E-state index >= 15 is 0 Å². The van der Waals surface area contributed by atoms with E-state index in [9.17, 15) is 4.79 Å². The molecule has 4 nitrogen and oxygen atoms in total. The maximum atomic E-state index is 13.5. The number of methoxy groups -OCH3 is 1. The summed E-state index contributed by atoms with van der Waals surface area (Å²) in [6.07, 6.45) is 1.33. The summed E-state index contributed by atoms with van der Waals surface area (Å²) in [5, 5.41) is 7.22. The fourth-order valence-corrected chi connectivity index (χ4v) is 4.61. The predicted octanol–water partition coefficient (Wildman–Crippen LogP) is 5.98. The smallest absolute Gasteiger partial charge is 0.163 e. The Bertz CT molecular complexity index is 1150. The molecule has 0 bridgehead atoms. The van der Waals surface area contributed by atoms with Crippen LogP contribution in [-0.2, 0) is 4.79 Å². The van der Waals surface area contributed by atoms with Gasteiger partial charge >= 0.3 is 0 Å². The van der Waals surface area contributed by atoms with Crippen LogP contribution in [0.5, 0.6) is 5.75 Å². The van der Waals surface area contributed by atoms with Crippen molar-refractivity contribution in [2.24, 2.45) is 0 Å². The number of rotatable bonds is 3. The van der Waals surface area contributed by atoms with Gasteiger partial charge in [-0.3, -0.25) is 4.79 Å². The first kappa shape index (κ1) is 19.4. The Morgan fingerprint density at radius 3 is 2.23 bits per heavy atom. The molecule has 0 saturated carbocycles. The van der Waals surface area contributed by atoms with Gasteiger partial charge < -0.3 is 15.4 Å². The second-order valence-electron chi connectivity index (χ2n) is 8.35. The molecular weight excluding hydrogens is 384 g/mol. The maximum Gasteiger partial charge on any atom is 0.163 e. The molecule has 1 heterocycles. The zero-order chi connectivity index (χ0) is 21.4. The molecule has 0 amide bonds.